The number of pyridine rings is 1. The average molecular weight is 269 g/mol. The summed E-state index contributed by atoms with van der Waals surface area (Å²) in [6.45, 7) is 5.97. The zero-order chi connectivity index (χ0) is 14.7. The van der Waals surface area contributed by atoms with E-state index in [0.29, 0.717) is 5.56 Å². The number of hydrogen-bond acceptors (Lipinski definition) is 3. The van der Waals surface area contributed by atoms with Gasteiger partial charge < -0.3 is 10.6 Å². The first kappa shape index (κ1) is 14.1. The second kappa shape index (κ2) is 5.74. The number of benzene rings is 1. The molecule has 0 aliphatic carbocycles. The number of aryl methyl sites for hydroxylation is 3. The fourth-order valence-electron chi connectivity index (χ4n) is 1.97. The summed E-state index contributed by atoms with van der Waals surface area (Å²) in [6, 6.07) is 7.72. The Kier molecular flexibility index (Phi) is 4.03. The summed E-state index contributed by atoms with van der Waals surface area (Å²) in [5, 5.41) is 5.92. The first-order valence-electron chi connectivity index (χ1n) is 6.54. The fourth-order valence-corrected chi connectivity index (χ4v) is 1.97. The van der Waals surface area contributed by atoms with Gasteiger partial charge in [0, 0.05) is 24.6 Å². The molecule has 2 aromatic rings. The Morgan fingerprint density at radius 1 is 1.10 bits per heavy atom. The molecule has 0 unspecified atom stereocenters. The number of rotatable bonds is 3. The highest BCUT2D eigenvalue weighted by Crippen LogP contribution is 2.19. The van der Waals surface area contributed by atoms with E-state index in [4.69, 9.17) is 0 Å². The first-order chi connectivity index (χ1) is 9.51. The Balaban J connectivity index is 2.25. The summed E-state index contributed by atoms with van der Waals surface area (Å²) in [5.41, 5.74) is 5.34. The van der Waals surface area contributed by atoms with E-state index in [0.717, 1.165) is 22.6 Å². The van der Waals surface area contributed by atoms with Crippen LogP contribution >= 0.6 is 0 Å². The maximum absolute atomic E-state index is 12.3. The lowest BCUT2D eigenvalue weighted by molar-refractivity contribution is 0.102. The minimum atomic E-state index is -0.162. The summed E-state index contributed by atoms with van der Waals surface area (Å²) in [6.07, 6.45) is 1.59. The van der Waals surface area contributed by atoms with Gasteiger partial charge in [-0.1, -0.05) is 6.07 Å². The molecule has 0 radical (unpaired) electrons. The van der Waals surface area contributed by atoms with Crippen LogP contribution in [0.5, 0.6) is 0 Å². The summed E-state index contributed by atoms with van der Waals surface area (Å²) < 4.78 is 0. The third-order valence-electron chi connectivity index (χ3n) is 3.32. The lowest BCUT2D eigenvalue weighted by atomic mass is 10.1. The highest BCUT2D eigenvalue weighted by molar-refractivity contribution is 6.07. The maximum Gasteiger partial charge on any atom is 0.259 e. The number of hydrogen-bond donors (Lipinski definition) is 2. The van der Waals surface area contributed by atoms with E-state index in [1.54, 1.807) is 13.2 Å². The van der Waals surface area contributed by atoms with Crippen LogP contribution in [0, 0.1) is 20.8 Å². The molecule has 0 saturated heterocycles. The topological polar surface area (TPSA) is 54.0 Å². The molecule has 0 atom stereocenters. The Morgan fingerprint density at radius 3 is 2.50 bits per heavy atom. The lowest BCUT2D eigenvalue weighted by Crippen LogP contribution is -2.14. The van der Waals surface area contributed by atoms with Crippen molar-refractivity contribution in [2.24, 2.45) is 0 Å². The van der Waals surface area contributed by atoms with Gasteiger partial charge in [-0.15, -0.1) is 0 Å². The summed E-state index contributed by atoms with van der Waals surface area (Å²) in [4.78, 5) is 16.5. The van der Waals surface area contributed by atoms with Crippen molar-refractivity contribution >= 4 is 17.3 Å². The number of amides is 1. The predicted octanol–water partition coefficient (Wildman–Crippen LogP) is 3.30. The van der Waals surface area contributed by atoms with Crippen molar-refractivity contribution < 1.29 is 4.79 Å². The highest BCUT2D eigenvalue weighted by atomic mass is 16.1. The van der Waals surface area contributed by atoms with Crippen LogP contribution < -0.4 is 10.6 Å². The molecule has 0 spiro atoms. The third-order valence-corrected chi connectivity index (χ3v) is 3.32. The number of nitrogens with one attached hydrogen (secondary N) is 2. The minimum absolute atomic E-state index is 0.162. The van der Waals surface area contributed by atoms with Gasteiger partial charge in [0.2, 0.25) is 0 Å². The molecule has 0 bridgehead atoms. The Bertz CT molecular complexity index is 650. The molecule has 0 saturated carbocycles. The van der Waals surface area contributed by atoms with Gasteiger partial charge in [0.25, 0.3) is 5.91 Å². The van der Waals surface area contributed by atoms with Crippen molar-refractivity contribution in [1.29, 1.82) is 0 Å². The van der Waals surface area contributed by atoms with Crippen molar-refractivity contribution in [1.82, 2.24) is 4.98 Å². The average Bonchev–Trinajstić information content (AvgIpc) is 2.42. The molecule has 0 aliphatic heterocycles. The first-order valence-corrected chi connectivity index (χ1v) is 6.54. The normalized spacial score (nSPS) is 10.2. The molecule has 4 nitrogen and oxygen atoms in total. The molecular weight excluding hydrogens is 250 g/mol. The largest absolute Gasteiger partial charge is 0.387 e. The second-order valence-electron chi connectivity index (χ2n) is 4.87. The van der Waals surface area contributed by atoms with Gasteiger partial charge in [-0.05, 0) is 50.1 Å². The van der Waals surface area contributed by atoms with E-state index in [2.05, 4.69) is 15.6 Å². The van der Waals surface area contributed by atoms with Crippen molar-refractivity contribution in [3.63, 3.8) is 0 Å². The van der Waals surface area contributed by atoms with E-state index in [1.165, 1.54) is 5.56 Å². The molecular formula is C16H19N3O. The number of carbonyl (C=O) groups excluding carboxylic acids is 1. The molecule has 1 heterocycles. The van der Waals surface area contributed by atoms with Crippen LogP contribution in [0.3, 0.4) is 0 Å². The second-order valence-corrected chi connectivity index (χ2v) is 4.87. The van der Waals surface area contributed by atoms with Crippen LogP contribution in [0.25, 0.3) is 0 Å². The summed E-state index contributed by atoms with van der Waals surface area (Å²) >= 11 is 0. The smallest absolute Gasteiger partial charge is 0.259 e. The van der Waals surface area contributed by atoms with Gasteiger partial charge in [0.05, 0.1) is 11.3 Å². The van der Waals surface area contributed by atoms with Crippen LogP contribution in [0.1, 0.15) is 27.2 Å². The van der Waals surface area contributed by atoms with Crippen molar-refractivity contribution in [3.8, 4) is 0 Å². The van der Waals surface area contributed by atoms with Gasteiger partial charge in [0.1, 0.15) is 0 Å². The number of aromatic nitrogens is 1. The molecule has 2 rings (SSSR count). The molecule has 0 aliphatic rings. The molecule has 0 fully saturated rings. The standard InChI is InChI=1S/C16H19N3O/c1-10-5-6-13(7-11(10)2)19-16(20)14-9-18-12(3)8-15(14)17-4/h5-9H,1-4H3,(H,17,18)(H,19,20). The number of anilines is 2. The van der Waals surface area contributed by atoms with Gasteiger partial charge >= 0.3 is 0 Å². The Labute approximate surface area is 119 Å². The molecule has 1 aromatic heterocycles. The molecule has 4 heteroatoms. The van der Waals surface area contributed by atoms with Gasteiger partial charge in [-0.3, -0.25) is 9.78 Å². The summed E-state index contributed by atoms with van der Waals surface area (Å²) in [5.74, 6) is -0.162. The van der Waals surface area contributed by atoms with Crippen LogP contribution in [-0.2, 0) is 0 Å². The van der Waals surface area contributed by atoms with Gasteiger partial charge in [-0.25, -0.2) is 0 Å². The van der Waals surface area contributed by atoms with E-state index < -0.39 is 0 Å². The monoisotopic (exact) mass is 269 g/mol. The zero-order valence-corrected chi connectivity index (χ0v) is 12.2. The fraction of sp³-hybridized carbons (Fsp3) is 0.250. The quantitative estimate of drug-likeness (QED) is 0.899. The number of carbonyl (C=O) groups is 1. The Hall–Kier alpha value is -2.36. The predicted molar refractivity (Wildman–Crippen MR) is 82.4 cm³/mol. The zero-order valence-electron chi connectivity index (χ0n) is 12.2. The van der Waals surface area contributed by atoms with E-state index in [1.807, 2.05) is 45.0 Å². The van der Waals surface area contributed by atoms with E-state index in [9.17, 15) is 4.79 Å². The van der Waals surface area contributed by atoms with Crippen molar-refractivity contribution in [3.05, 3.63) is 52.8 Å². The molecule has 104 valence electrons. The lowest BCUT2D eigenvalue weighted by Gasteiger charge is -2.11. The molecule has 1 aromatic carbocycles. The third kappa shape index (κ3) is 2.96. The minimum Gasteiger partial charge on any atom is -0.387 e. The summed E-state index contributed by atoms with van der Waals surface area (Å²) in [7, 11) is 1.79. The van der Waals surface area contributed by atoms with Gasteiger partial charge in [0.15, 0.2) is 0 Å². The van der Waals surface area contributed by atoms with Crippen LogP contribution in [0.4, 0.5) is 11.4 Å². The SMILES string of the molecule is CNc1cc(C)ncc1C(=O)Nc1ccc(C)c(C)c1. The van der Waals surface area contributed by atoms with Crippen LogP contribution in [-0.4, -0.2) is 17.9 Å². The van der Waals surface area contributed by atoms with E-state index >= 15 is 0 Å². The highest BCUT2D eigenvalue weighted by Gasteiger charge is 2.12. The number of nitrogens with zero attached hydrogens (tertiary/aromatic N) is 1. The molecule has 2 N–H and O–H groups in total. The van der Waals surface area contributed by atoms with Crippen molar-refractivity contribution in [2.45, 2.75) is 20.8 Å². The van der Waals surface area contributed by atoms with Crippen LogP contribution in [0.2, 0.25) is 0 Å². The Morgan fingerprint density at radius 2 is 1.85 bits per heavy atom. The van der Waals surface area contributed by atoms with E-state index in [-0.39, 0.29) is 5.91 Å². The molecule has 20 heavy (non-hydrogen) atoms. The van der Waals surface area contributed by atoms with Gasteiger partial charge in [-0.2, -0.15) is 0 Å². The molecule has 1 amide bonds. The maximum atomic E-state index is 12.3. The van der Waals surface area contributed by atoms with Crippen LogP contribution in [0.15, 0.2) is 30.5 Å². The van der Waals surface area contributed by atoms with Crippen molar-refractivity contribution in [2.75, 3.05) is 17.7 Å².